The third kappa shape index (κ3) is 1.68. The molecule has 2 aliphatic carbocycles. The molecular weight excluding hydrogens is 202 g/mol. The van der Waals surface area contributed by atoms with Crippen molar-refractivity contribution in [1.82, 2.24) is 15.2 Å². The fraction of sp³-hybridized carbons (Fsp3) is 0.455. The van der Waals surface area contributed by atoms with Gasteiger partial charge < -0.3 is 10.6 Å². The van der Waals surface area contributed by atoms with Gasteiger partial charge in [0.15, 0.2) is 0 Å². The molecule has 0 bridgehead atoms. The minimum Gasteiger partial charge on any atom is -0.356 e. The number of aromatic amines is 1. The Morgan fingerprint density at radius 2 is 2.50 bits per heavy atom. The maximum absolute atomic E-state index is 4.22. The van der Waals surface area contributed by atoms with E-state index in [1.807, 2.05) is 0 Å². The van der Waals surface area contributed by atoms with Gasteiger partial charge in [-0.25, -0.2) is 5.10 Å². The highest BCUT2D eigenvalue weighted by Crippen LogP contribution is 2.47. The van der Waals surface area contributed by atoms with Crippen LogP contribution in [0.3, 0.4) is 0 Å². The van der Waals surface area contributed by atoms with Crippen molar-refractivity contribution in [2.75, 3.05) is 24.2 Å². The van der Waals surface area contributed by atoms with E-state index < -0.39 is 0 Å². The number of nitrogens with zero attached hydrogens (tertiary/aromatic N) is 2. The number of fused-ring (bicyclic) bond motifs is 1. The molecule has 5 nitrogen and oxygen atoms in total. The lowest BCUT2D eigenvalue weighted by Gasteiger charge is -2.08. The number of rotatable bonds is 4. The highest BCUT2D eigenvalue weighted by Gasteiger charge is 2.38. The van der Waals surface area contributed by atoms with Crippen LogP contribution in [-0.2, 0) is 0 Å². The average Bonchev–Trinajstić information content (AvgIpc) is 2.97. The molecular formula is C11H15N5. The molecule has 0 saturated heterocycles. The van der Waals surface area contributed by atoms with Crippen LogP contribution >= 0.6 is 0 Å². The fourth-order valence-corrected chi connectivity index (χ4v) is 2.13. The van der Waals surface area contributed by atoms with Gasteiger partial charge in [-0.1, -0.05) is 18.2 Å². The minimum atomic E-state index is 0.615. The summed E-state index contributed by atoms with van der Waals surface area (Å²) in [6, 6.07) is 0. The molecule has 2 aliphatic rings. The molecule has 2 unspecified atom stereocenters. The second-order valence-electron chi connectivity index (χ2n) is 4.24. The lowest BCUT2D eigenvalue weighted by molar-refractivity contribution is 0.880. The van der Waals surface area contributed by atoms with Crippen LogP contribution in [0.15, 0.2) is 23.8 Å². The lowest BCUT2D eigenvalue weighted by Crippen LogP contribution is -2.09. The van der Waals surface area contributed by atoms with Gasteiger partial charge in [0.05, 0.1) is 0 Å². The number of H-pyrrole nitrogens is 1. The number of allylic oxidation sites excluding steroid dienone is 3. The van der Waals surface area contributed by atoms with Crippen molar-refractivity contribution in [3.05, 3.63) is 23.8 Å². The number of aromatic nitrogens is 3. The van der Waals surface area contributed by atoms with E-state index in [0.717, 1.165) is 24.3 Å². The van der Waals surface area contributed by atoms with E-state index >= 15 is 0 Å². The first-order valence-electron chi connectivity index (χ1n) is 5.58. The van der Waals surface area contributed by atoms with Gasteiger partial charge in [-0.3, -0.25) is 0 Å². The molecule has 1 aromatic heterocycles. The molecule has 1 heterocycles. The number of hydrogen-bond donors (Lipinski definition) is 3. The zero-order valence-corrected chi connectivity index (χ0v) is 9.20. The van der Waals surface area contributed by atoms with Gasteiger partial charge in [-0.15, -0.1) is 5.10 Å². The molecule has 0 radical (unpaired) electrons. The molecule has 1 fully saturated rings. The summed E-state index contributed by atoms with van der Waals surface area (Å²) in [5.41, 5.74) is 1.47. The quantitative estimate of drug-likeness (QED) is 0.713. The minimum absolute atomic E-state index is 0.615. The van der Waals surface area contributed by atoms with Crippen LogP contribution < -0.4 is 10.6 Å². The van der Waals surface area contributed by atoms with Gasteiger partial charge in [-0.05, 0) is 23.8 Å². The Labute approximate surface area is 94.0 Å². The monoisotopic (exact) mass is 217 g/mol. The van der Waals surface area contributed by atoms with E-state index in [2.05, 4.69) is 44.0 Å². The van der Waals surface area contributed by atoms with E-state index in [9.17, 15) is 0 Å². The molecule has 1 aromatic rings. The van der Waals surface area contributed by atoms with Crippen molar-refractivity contribution in [3.8, 4) is 0 Å². The molecule has 1 saturated carbocycles. The molecule has 0 aliphatic heterocycles. The molecule has 3 rings (SSSR count). The van der Waals surface area contributed by atoms with Crippen LogP contribution in [0.4, 0.5) is 11.9 Å². The van der Waals surface area contributed by atoms with Crippen LogP contribution in [0.2, 0.25) is 0 Å². The largest absolute Gasteiger partial charge is 0.356 e. The van der Waals surface area contributed by atoms with E-state index in [0.29, 0.717) is 5.95 Å². The number of nitrogens with one attached hydrogen (secondary N) is 3. The maximum Gasteiger partial charge on any atom is 0.243 e. The summed E-state index contributed by atoms with van der Waals surface area (Å²) >= 11 is 0. The third-order valence-electron chi connectivity index (χ3n) is 3.15. The summed E-state index contributed by atoms with van der Waals surface area (Å²) in [5, 5.41) is 13.0. The Hall–Kier alpha value is -1.78. The smallest absolute Gasteiger partial charge is 0.243 e. The van der Waals surface area contributed by atoms with Gasteiger partial charge in [0.1, 0.15) is 0 Å². The van der Waals surface area contributed by atoms with Gasteiger partial charge in [0, 0.05) is 13.6 Å². The normalized spacial score (nSPS) is 25.9. The number of anilines is 2. The first kappa shape index (κ1) is 9.45. The summed E-state index contributed by atoms with van der Waals surface area (Å²) < 4.78 is 0. The number of hydrogen-bond acceptors (Lipinski definition) is 4. The summed E-state index contributed by atoms with van der Waals surface area (Å²) in [6.07, 6.45) is 7.96. The molecule has 0 aromatic carbocycles. The van der Waals surface area contributed by atoms with Gasteiger partial charge in [-0.2, -0.15) is 4.98 Å². The highest BCUT2D eigenvalue weighted by atomic mass is 15.3. The second-order valence-corrected chi connectivity index (χ2v) is 4.24. The van der Waals surface area contributed by atoms with Gasteiger partial charge >= 0.3 is 0 Å². The molecule has 16 heavy (non-hydrogen) atoms. The van der Waals surface area contributed by atoms with Crippen LogP contribution in [0.1, 0.15) is 6.42 Å². The van der Waals surface area contributed by atoms with Crippen molar-refractivity contribution in [3.63, 3.8) is 0 Å². The molecule has 84 valence electrons. The summed E-state index contributed by atoms with van der Waals surface area (Å²) in [6.45, 7) is 0.851. The molecule has 0 amide bonds. The van der Waals surface area contributed by atoms with Gasteiger partial charge in [0.25, 0.3) is 0 Å². The standard InChI is InChI=1S/C11H15N5/c1-12-10-14-11(16-15-10)13-6-8-4-2-3-7-5-9(7)8/h2-4,7,9H,5-6H2,1H3,(H3,12,13,14,15,16). The predicted octanol–water partition coefficient (Wildman–Crippen LogP) is 1.39. The van der Waals surface area contributed by atoms with Crippen molar-refractivity contribution in [1.29, 1.82) is 0 Å². The first-order chi connectivity index (χ1) is 7.86. The first-order valence-corrected chi connectivity index (χ1v) is 5.58. The van der Waals surface area contributed by atoms with Crippen molar-refractivity contribution >= 4 is 11.9 Å². The molecule has 0 spiro atoms. The van der Waals surface area contributed by atoms with E-state index in [1.54, 1.807) is 7.05 Å². The van der Waals surface area contributed by atoms with Crippen LogP contribution in [-0.4, -0.2) is 28.8 Å². The SMILES string of the molecule is CNc1n[nH]c(NCC2=CC=CC3CC23)n1. The highest BCUT2D eigenvalue weighted by molar-refractivity contribution is 5.38. The van der Waals surface area contributed by atoms with E-state index in [-0.39, 0.29) is 0 Å². The van der Waals surface area contributed by atoms with E-state index in [4.69, 9.17) is 0 Å². The molecule has 5 heteroatoms. The van der Waals surface area contributed by atoms with Crippen LogP contribution in [0, 0.1) is 11.8 Å². The zero-order chi connectivity index (χ0) is 11.0. The van der Waals surface area contributed by atoms with Crippen LogP contribution in [0.5, 0.6) is 0 Å². The topological polar surface area (TPSA) is 65.6 Å². The van der Waals surface area contributed by atoms with Crippen molar-refractivity contribution < 1.29 is 0 Å². The van der Waals surface area contributed by atoms with Gasteiger partial charge in [0.2, 0.25) is 11.9 Å². The Bertz CT molecular complexity index is 445. The summed E-state index contributed by atoms with van der Waals surface area (Å²) in [7, 11) is 1.80. The molecule has 3 N–H and O–H groups in total. The summed E-state index contributed by atoms with van der Waals surface area (Å²) in [5.74, 6) is 2.90. The lowest BCUT2D eigenvalue weighted by atomic mass is 10.1. The predicted molar refractivity (Wildman–Crippen MR) is 63.2 cm³/mol. The second kappa shape index (κ2) is 3.66. The Balaban J connectivity index is 1.60. The van der Waals surface area contributed by atoms with E-state index in [1.165, 1.54) is 12.0 Å². The third-order valence-corrected chi connectivity index (χ3v) is 3.15. The van der Waals surface area contributed by atoms with Crippen molar-refractivity contribution in [2.45, 2.75) is 6.42 Å². The summed E-state index contributed by atoms with van der Waals surface area (Å²) in [4.78, 5) is 4.22. The maximum atomic E-state index is 4.22. The Kier molecular flexibility index (Phi) is 2.16. The fourth-order valence-electron chi connectivity index (χ4n) is 2.13. The zero-order valence-electron chi connectivity index (χ0n) is 9.20. The Morgan fingerprint density at radius 1 is 1.56 bits per heavy atom. The van der Waals surface area contributed by atoms with Crippen molar-refractivity contribution in [2.24, 2.45) is 11.8 Å². The molecule has 2 atom stereocenters. The Morgan fingerprint density at radius 3 is 3.31 bits per heavy atom. The van der Waals surface area contributed by atoms with Crippen LogP contribution in [0.25, 0.3) is 0 Å². The average molecular weight is 217 g/mol.